The second-order valence-electron chi connectivity index (χ2n) is 5.30. The molecule has 0 fully saturated rings. The second kappa shape index (κ2) is 6.35. The van der Waals surface area contributed by atoms with Gasteiger partial charge < -0.3 is 10.6 Å². The zero-order valence-electron chi connectivity index (χ0n) is 12.8. The van der Waals surface area contributed by atoms with Crippen molar-refractivity contribution in [2.45, 2.75) is 33.7 Å². The molecule has 110 valence electrons. The molecule has 2 rings (SSSR count). The Morgan fingerprint density at radius 2 is 1.81 bits per heavy atom. The van der Waals surface area contributed by atoms with Crippen molar-refractivity contribution in [1.82, 2.24) is 9.97 Å². The Bertz CT molecular complexity index is 635. The van der Waals surface area contributed by atoms with Crippen molar-refractivity contribution < 1.29 is 4.79 Å². The Hall–Kier alpha value is -2.43. The second-order valence-corrected chi connectivity index (χ2v) is 5.30. The number of carbonyl (C=O) groups is 1. The number of aryl methyl sites for hydroxylation is 1. The third-order valence-electron chi connectivity index (χ3n) is 3.18. The van der Waals surface area contributed by atoms with Crippen molar-refractivity contribution >= 4 is 17.5 Å². The molecule has 0 bridgehead atoms. The summed E-state index contributed by atoms with van der Waals surface area (Å²) < 4.78 is 0. The first-order valence-electron chi connectivity index (χ1n) is 6.93. The molecule has 1 aromatic carbocycles. The lowest BCUT2D eigenvalue weighted by Gasteiger charge is -2.11. The minimum absolute atomic E-state index is 0.209. The summed E-state index contributed by atoms with van der Waals surface area (Å²) in [4.78, 5) is 20.5. The van der Waals surface area contributed by atoms with Crippen molar-refractivity contribution in [2.24, 2.45) is 0 Å². The monoisotopic (exact) mass is 284 g/mol. The number of benzene rings is 1. The number of amides is 1. The van der Waals surface area contributed by atoms with Crippen molar-refractivity contribution in [3.63, 3.8) is 0 Å². The molecule has 0 saturated heterocycles. The lowest BCUT2D eigenvalue weighted by atomic mass is 10.1. The van der Waals surface area contributed by atoms with Crippen LogP contribution >= 0.6 is 0 Å². The number of hydrogen-bond donors (Lipinski definition) is 2. The van der Waals surface area contributed by atoms with E-state index in [0.29, 0.717) is 11.5 Å². The highest BCUT2D eigenvalue weighted by Gasteiger charge is 2.10. The van der Waals surface area contributed by atoms with Crippen LogP contribution in [0.2, 0.25) is 0 Å². The molecule has 1 amide bonds. The quantitative estimate of drug-likeness (QED) is 0.905. The van der Waals surface area contributed by atoms with Gasteiger partial charge in [-0.1, -0.05) is 12.1 Å². The normalized spacial score (nSPS) is 10.5. The van der Waals surface area contributed by atoms with E-state index in [1.807, 2.05) is 45.9 Å². The highest BCUT2D eigenvalue weighted by atomic mass is 16.1. The molecule has 1 aromatic heterocycles. The van der Waals surface area contributed by atoms with Gasteiger partial charge in [0.15, 0.2) is 0 Å². The van der Waals surface area contributed by atoms with Crippen LogP contribution in [0.1, 0.15) is 35.3 Å². The van der Waals surface area contributed by atoms with Crippen molar-refractivity contribution in [2.75, 3.05) is 10.6 Å². The number of nitrogens with zero attached hydrogens (tertiary/aromatic N) is 2. The van der Waals surface area contributed by atoms with E-state index in [2.05, 4.69) is 20.6 Å². The third kappa shape index (κ3) is 3.78. The summed E-state index contributed by atoms with van der Waals surface area (Å²) in [5, 5.41) is 5.97. The minimum Gasteiger partial charge on any atom is -0.352 e. The van der Waals surface area contributed by atoms with Gasteiger partial charge in [-0.2, -0.15) is 0 Å². The van der Waals surface area contributed by atoms with Gasteiger partial charge in [0, 0.05) is 24.1 Å². The molecule has 21 heavy (non-hydrogen) atoms. The van der Waals surface area contributed by atoms with E-state index in [1.165, 1.54) is 12.4 Å². The molecular formula is C16H20N4O. The fourth-order valence-electron chi connectivity index (χ4n) is 1.86. The van der Waals surface area contributed by atoms with E-state index in [-0.39, 0.29) is 11.9 Å². The molecule has 0 aliphatic carbocycles. The van der Waals surface area contributed by atoms with E-state index in [0.717, 1.165) is 16.8 Å². The standard InChI is InChI=1S/C16H20N4O/c1-10(2)19-16-17-8-13(9-18-16)15(21)20-14-7-5-6-11(3)12(14)4/h5-10H,1-4H3,(H,20,21)(H,17,18,19). The maximum Gasteiger partial charge on any atom is 0.258 e. The first kappa shape index (κ1) is 15.0. The number of nitrogens with one attached hydrogen (secondary N) is 2. The predicted molar refractivity (Wildman–Crippen MR) is 84.7 cm³/mol. The summed E-state index contributed by atoms with van der Waals surface area (Å²) >= 11 is 0. The minimum atomic E-state index is -0.209. The van der Waals surface area contributed by atoms with Crippen molar-refractivity contribution in [3.8, 4) is 0 Å². The van der Waals surface area contributed by atoms with Gasteiger partial charge in [0.25, 0.3) is 5.91 Å². The van der Waals surface area contributed by atoms with Crippen LogP contribution in [0.25, 0.3) is 0 Å². The Morgan fingerprint density at radius 1 is 1.14 bits per heavy atom. The predicted octanol–water partition coefficient (Wildman–Crippen LogP) is 3.17. The van der Waals surface area contributed by atoms with Crippen molar-refractivity contribution in [1.29, 1.82) is 0 Å². The first-order chi connectivity index (χ1) is 9.97. The SMILES string of the molecule is Cc1cccc(NC(=O)c2cnc(NC(C)C)nc2)c1C. The molecule has 5 heteroatoms. The van der Waals surface area contributed by atoms with Crippen LogP contribution < -0.4 is 10.6 Å². The molecule has 0 aliphatic rings. The van der Waals surface area contributed by atoms with Gasteiger partial charge in [-0.25, -0.2) is 9.97 Å². The Labute approximate surface area is 124 Å². The molecule has 0 aliphatic heterocycles. The van der Waals surface area contributed by atoms with Crippen LogP contribution in [-0.2, 0) is 0 Å². The van der Waals surface area contributed by atoms with E-state index in [1.54, 1.807) is 0 Å². The number of aromatic nitrogens is 2. The van der Waals surface area contributed by atoms with Crippen LogP contribution in [0.5, 0.6) is 0 Å². The summed E-state index contributed by atoms with van der Waals surface area (Å²) in [5.74, 6) is 0.313. The molecular weight excluding hydrogens is 264 g/mol. The fourth-order valence-corrected chi connectivity index (χ4v) is 1.86. The number of carbonyl (C=O) groups excluding carboxylic acids is 1. The zero-order valence-corrected chi connectivity index (χ0v) is 12.8. The molecule has 5 nitrogen and oxygen atoms in total. The number of hydrogen-bond acceptors (Lipinski definition) is 4. The van der Waals surface area contributed by atoms with E-state index in [9.17, 15) is 4.79 Å². The molecule has 2 aromatic rings. The first-order valence-corrected chi connectivity index (χ1v) is 6.93. The van der Waals surface area contributed by atoms with Gasteiger partial charge in [-0.15, -0.1) is 0 Å². The van der Waals surface area contributed by atoms with E-state index in [4.69, 9.17) is 0 Å². The third-order valence-corrected chi connectivity index (χ3v) is 3.18. The molecule has 0 radical (unpaired) electrons. The van der Waals surface area contributed by atoms with E-state index >= 15 is 0 Å². The average Bonchev–Trinajstić information content (AvgIpc) is 2.44. The Balaban J connectivity index is 2.11. The summed E-state index contributed by atoms with van der Waals surface area (Å²) in [6.45, 7) is 8.01. The van der Waals surface area contributed by atoms with Crippen molar-refractivity contribution in [3.05, 3.63) is 47.3 Å². The van der Waals surface area contributed by atoms with Crippen LogP contribution in [0.4, 0.5) is 11.6 Å². The van der Waals surface area contributed by atoms with Gasteiger partial charge in [0.1, 0.15) is 0 Å². The molecule has 2 N–H and O–H groups in total. The highest BCUT2D eigenvalue weighted by Crippen LogP contribution is 2.18. The maximum absolute atomic E-state index is 12.2. The molecule has 0 unspecified atom stereocenters. The Kier molecular flexibility index (Phi) is 4.52. The lowest BCUT2D eigenvalue weighted by Crippen LogP contribution is -2.16. The van der Waals surface area contributed by atoms with E-state index < -0.39 is 0 Å². The maximum atomic E-state index is 12.2. The fraction of sp³-hybridized carbons (Fsp3) is 0.312. The molecule has 0 atom stereocenters. The Morgan fingerprint density at radius 3 is 2.43 bits per heavy atom. The van der Waals surface area contributed by atoms with Gasteiger partial charge in [-0.3, -0.25) is 4.79 Å². The number of rotatable bonds is 4. The van der Waals surface area contributed by atoms with Crippen LogP contribution in [0, 0.1) is 13.8 Å². The van der Waals surface area contributed by atoms with Gasteiger partial charge in [0.2, 0.25) is 5.95 Å². The van der Waals surface area contributed by atoms with Gasteiger partial charge >= 0.3 is 0 Å². The van der Waals surface area contributed by atoms with Crippen LogP contribution in [-0.4, -0.2) is 21.9 Å². The summed E-state index contributed by atoms with van der Waals surface area (Å²) in [6, 6.07) is 6.07. The topological polar surface area (TPSA) is 66.9 Å². The summed E-state index contributed by atoms with van der Waals surface area (Å²) in [7, 11) is 0. The average molecular weight is 284 g/mol. The summed E-state index contributed by atoms with van der Waals surface area (Å²) in [6.07, 6.45) is 3.05. The lowest BCUT2D eigenvalue weighted by molar-refractivity contribution is 0.102. The number of anilines is 2. The smallest absolute Gasteiger partial charge is 0.258 e. The largest absolute Gasteiger partial charge is 0.352 e. The van der Waals surface area contributed by atoms with Gasteiger partial charge in [0.05, 0.1) is 5.56 Å². The van der Waals surface area contributed by atoms with Crippen LogP contribution in [0.3, 0.4) is 0 Å². The summed E-state index contributed by atoms with van der Waals surface area (Å²) in [5.41, 5.74) is 3.44. The molecule has 1 heterocycles. The van der Waals surface area contributed by atoms with Gasteiger partial charge in [-0.05, 0) is 44.9 Å². The highest BCUT2D eigenvalue weighted by molar-refractivity contribution is 6.04. The zero-order chi connectivity index (χ0) is 15.4. The van der Waals surface area contributed by atoms with Crippen LogP contribution in [0.15, 0.2) is 30.6 Å². The molecule has 0 spiro atoms. The molecule has 0 saturated carbocycles.